The number of hydrogen-bond donors (Lipinski definition) is 2. The summed E-state index contributed by atoms with van der Waals surface area (Å²) >= 11 is 0. The monoisotopic (exact) mass is 200 g/mol. The Balaban J connectivity index is 2.26. The Hall–Kier alpha value is -0.120. The fourth-order valence-electron chi connectivity index (χ4n) is 2.32. The Morgan fingerprint density at radius 1 is 1.36 bits per heavy atom. The quantitative estimate of drug-likeness (QED) is 0.691. The third-order valence-corrected chi connectivity index (χ3v) is 3.38. The molecule has 0 saturated heterocycles. The normalized spacial score (nSPS) is 21.4. The number of hydrogen-bond acceptors (Lipinski definition) is 3. The summed E-state index contributed by atoms with van der Waals surface area (Å²) in [6.45, 7) is 1.84. The molecule has 1 atom stereocenters. The van der Waals surface area contributed by atoms with Gasteiger partial charge in [0.2, 0.25) is 0 Å². The van der Waals surface area contributed by atoms with Crippen LogP contribution in [-0.4, -0.2) is 42.8 Å². The molecule has 3 nitrogen and oxygen atoms in total. The number of nitrogens with two attached hydrogens (primary N) is 1. The minimum absolute atomic E-state index is 0.150. The average molecular weight is 200 g/mol. The zero-order valence-electron chi connectivity index (χ0n) is 9.28. The van der Waals surface area contributed by atoms with Crippen molar-refractivity contribution >= 4 is 0 Å². The van der Waals surface area contributed by atoms with Gasteiger partial charge in [0.05, 0.1) is 6.61 Å². The van der Waals surface area contributed by atoms with Gasteiger partial charge < -0.3 is 10.8 Å². The molecule has 0 amide bonds. The van der Waals surface area contributed by atoms with E-state index in [0.29, 0.717) is 6.54 Å². The summed E-state index contributed by atoms with van der Waals surface area (Å²) in [6, 6.07) is 0.150. The van der Waals surface area contributed by atoms with E-state index >= 15 is 0 Å². The van der Waals surface area contributed by atoms with Crippen LogP contribution in [0.25, 0.3) is 0 Å². The molecule has 0 aliphatic heterocycles. The molecule has 0 aromatic heterocycles. The van der Waals surface area contributed by atoms with Crippen LogP contribution in [0.2, 0.25) is 0 Å². The third kappa shape index (κ3) is 3.56. The molecule has 0 radical (unpaired) electrons. The maximum atomic E-state index is 9.10. The van der Waals surface area contributed by atoms with Gasteiger partial charge >= 0.3 is 0 Å². The van der Waals surface area contributed by atoms with Crippen molar-refractivity contribution in [3.05, 3.63) is 0 Å². The van der Waals surface area contributed by atoms with Crippen LogP contribution < -0.4 is 5.73 Å². The number of nitrogens with zero attached hydrogens (tertiary/aromatic N) is 1. The van der Waals surface area contributed by atoms with Gasteiger partial charge in [-0.3, -0.25) is 4.90 Å². The lowest BCUT2D eigenvalue weighted by Crippen LogP contribution is -2.43. The standard InChI is InChI=1S/C11H24N2O/c1-13(11(7-12)9-14)8-10-5-3-2-4-6-10/h10-11,14H,2-9,12H2,1H3. The Morgan fingerprint density at radius 3 is 2.50 bits per heavy atom. The smallest absolute Gasteiger partial charge is 0.0599 e. The van der Waals surface area contributed by atoms with E-state index in [-0.39, 0.29) is 12.6 Å². The molecule has 1 fully saturated rings. The molecule has 0 heterocycles. The predicted molar refractivity (Wildman–Crippen MR) is 59.1 cm³/mol. The molecule has 1 aliphatic rings. The molecule has 1 rings (SSSR count). The topological polar surface area (TPSA) is 49.5 Å². The second-order valence-electron chi connectivity index (χ2n) is 4.52. The van der Waals surface area contributed by atoms with E-state index in [0.717, 1.165) is 12.5 Å². The lowest BCUT2D eigenvalue weighted by Gasteiger charge is -2.31. The summed E-state index contributed by atoms with van der Waals surface area (Å²) < 4.78 is 0. The number of aliphatic hydroxyl groups is 1. The first-order valence-electron chi connectivity index (χ1n) is 5.79. The molecule has 3 heteroatoms. The maximum Gasteiger partial charge on any atom is 0.0599 e. The van der Waals surface area contributed by atoms with Gasteiger partial charge in [0, 0.05) is 19.1 Å². The van der Waals surface area contributed by atoms with E-state index in [1.165, 1.54) is 32.1 Å². The lowest BCUT2D eigenvalue weighted by molar-refractivity contribution is 0.126. The molecule has 0 aromatic carbocycles. The molecular formula is C11H24N2O. The van der Waals surface area contributed by atoms with Gasteiger partial charge in [-0.05, 0) is 25.8 Å². The molecule has 3 N–H and O–H groups in total. The average Bonchev–Trinajstić information content (AvgIpc) is 2.21. The predicted octanol–water partition coefficient (Wildman–Crippen LogP) is 0.818. The largest absolute Gasteiger partial charge is 0.395 e. The second kappa shape index (κ2) is 6.38. The number of aliphatic hydroxyl groups excluding tert-OH is 1. The van der Waals surface area contributed by atoms with Crippen LogP contribution in [0.1, 0.15) is 32.1 Å². The minimum atomic E-state index is 0.150. The molecule has 1 saturated carbocycles. The van der Waals surface area contributed by atoms with Crippen LogP contribution in [0.3, 0.4) is 0 Å². The Morgan fingerprint density at radius 2 is 2.00 bits per heavy atom. The van der Waals surface area contributed by atoms with Crippen molar-refractivity contribution in [2.75, 3.05) is 26.7 Å². The minimum Gasteiger partial charge on any atom is -0.395 e. The van der Waals surface area contributed by atoms with Crippen molar-refractivity contribution in [1.29, 1.82) is 0 Å². The van der Waals surface area contributed by atoms with E-state index in [4.69, 9.17) is 10.8 Å². The first-order chi connectivity index (χ1) is 6.77. The maximum absolute atomic E-state index is 9.10. The highest BCUT2D eigenvalue weighted by Gasteiger charge is 2.18. The van der Waals surface area contributed by atoms with Crippen molar-refractivity contribution in [3.63, 3.8) is 0 Å². The molecule has 1 aliphatic carbocycles. The highest BCUT2D eigenvalue weighted by Crippen LogP contribution is 2.24. The van der Waals surface area contributed by atoms with Crippen LogP contribution in [-0.2, 0) is 0 Å². The molecule has 14 heavy (non-hydrogen) atoms. The van der Waals surface area contributed by atoms with E-state index < -0.39 is 0 Å². The second-order valence-corrected chi connectivity index (χ2v) is 4.52. The Kier molecular flexibility index (Phi) is 5.45. The van der Waals surface area contributed by atoms with Gasteiger partial charge in [0.15, 0.2) is 0 Å². The molecular weight excluding hydrogens is 176 g/mol. The van der Waals surface area contributed by atoms with Crippen molar-refractivity contribution in [2.45, 2.75) is 38.1 Å². The summed E-state index contributed by atoms with van der Waals surface area (Å²) in [4.78, 5) is 2.22. The van der Waals surface area contributed by atoms with Crippen molar-refractivity contribution in [3.8, 4) is 0 Å². The van der Waals surface area contributed by atoms with Crippen molar-refractivity contribution in [2.24, 2.45) is 11.7 Å². The van der Waals surface area contributed by atoms with Gasteiger partial charge in [0.1, 0.15) is 0 Å². The zero-order chi connectivity index (χ0) is 10.4. The molecule has 0 spiro atoms. The molecule has 0 aromatic rings. The van der Waals surface area contributed by atoms with Gasteiger partial charge in [0.25, 0.3) is 0 Å². The van der Waals surface area contributed by atoms with Crippen LogP contribution in [0, 0.1) is 5.92 Å². The van der Waals surface area contributed by atoms with Crippen molar-refractivity contribution in [1.82, 2.24) is 4.90 Å². The van der Waals surface area contributed by atoms with Gasteiger partial charge in [-0.15, -0.1) is 0 Å². The fourth-order valence-corrected chi connectivity index (χ4v) is 2.32. The first-order valence-corrected chi connectivity index (χ1v) is 5.79. The first kappa shape index (κ1) is 12.0. The van der Waals surface area contributed by atoms with Crippen LogP contribution in [0.4, 0.5) is 0 Å². The zero-order valence-corrected chi connectivity index (χ0v) is 9.28. The summed E-state index contributed by atoms with van der Waals surface area (Å²) in [5.41, 5.74) is 5.59. The molecule has 84 valence electrons. The summed E-state index contributed by atoms with van der Waals surface area (Å²) in [5, 5.41) is 9.10. The van der Waals surface area contributed by atoms with Gasteiger partial charge in [-0.2, -0.15) is 0 Å². The van der Waals surface area contributed by atoms with Gasteiger partial charge in [-0.25, -0.2) is 0 Å². The van der Waals surface area contributed by atoms with E-state index in [1.807, 2.05) is 0 Å². The third-order valence-electron chi connectivity index (χ3n) is 3.38. The van der Waals surface area contributed by atoms with Gasteiger partial charge in [-0.1, -0.05) is 19.3 Å². The Bertz CT molecular complexity index is 142. The summed E-state index contributed by atoms with van der Waals surface area (Å²) in [7, 11) is 2.07. The number of likely N-dealkylation sites (N-methyl/N-ethyl adjacent to an activating group) is 1. The Labute approximate surface area is 87.3 Å². The highest BCUT2D eigenvalue weighted by atomic mass is 16.3. The van der Waals surface area contributed by atoms with E-state index in [1.54, 1.807) is 0 Å². The summed E-state index contributed by atoms with van der Waals surface area (Å²) in [6.07, 6.45) is 6.87. The van der Waals surface area contributed by atoms with Crippen LogP contribution >= 0.6 is 0 Å². The van der Waals surface area contributed by atoms with E-state index in [2.05, 4.69) is 11.9 Å². The van der Waals surface area contributed by atoms with Crippen LogP contribution in [0.5, 0.6) is 0 Å². The molecule has 0 bridgehead atoms. The van der Waals surface area contributed by atoms with E-state index in [9.17, 15) is 0 Å². The highest BCUT2D eigenvalue weighted by molar-refractivity contribution is 4.74. The van der Waals surface area contributed by atoms with Crippen molar-refractivity contribution < 1.29 is 5.11 Å². The summed E-state index contributed by atoms with van der Waals surface area (Å²) in [5.74, 6) is 0.828. The SMILES string of the molecule is CN(CC1CCCCC1)C(CN)CO. The fraction of sp³-hybridized carbons (Fsp3) is 1.00. The van der Waals surface area contributed by atoms with Crippen LogP contribution in [0.15, 0.2) is 0 Å². The number of rotatable bonds is 5. The molecule has 1 unspecified atom stereocenters. The lowest BCUT2D eigenvalue weighted by atomic mass is 9.89.